The van der Waals surface area contributed by atoms with Crippen LogP contribution in [0.1, 0.15) is 23.5 Å². The monoisotopic (exact) mass is 352 g/mol. The Bertz CT molecular complexity index is 921. The number of carbonyl (C=O) groups is 1. The summed E-state index contributed by atoms with van der Waals surface area (Å²) in [6.07, 6.45) is 4.21. The second-order valence-corrected chi connectivity index (χ2v) is 5.87. The highest BCUT2D eigenvalue weighted by atomic mass is 16.1. The molecule has 1 aromatic carbocycles. The summed E-state index contributed by atoms with van der Waals surface area (Å²) in [7, 11) is 0. The third kappa shape index (κ3) is 4.32. The first-order valence-electron chi connectivity index (χ1n) is 8.12. The van der Waals surface area contributed by atoms with Crippen molar-refractivity contribution in [1.29, 1.82) is 0 Å². The molecule has 9 nitrogen and oxygen atoms in total. The minimum absolute atomic E-state index is 0.131. The first-order chi connectivity index (χ1) is 12.5. The average Bonchev–Trinajstić information content (AvgIpc) is 3.05. The van der Waals surface area contributed by atoms with Gasteiger partial charge in [-0.2, -0.15) is 0 Å². The van der Waals surface area contributed by atoms with E-state index < -0.39 is 0 Å². The van der Waals surface area contributed by atoms with E-state index in [2.05, 4.69) is 25.6 Å². The fraction of sp³-hybridized carbons (Fsp3) is 0.235. The van der Waals surface area contributed by atoms with Gasteiger partial charge in [-0.15, -0.1) is 5.10 Å². The van der Waals surface area contributed by atoms with Gasteiger partial charge in [0, 0.05) is 30.8 Å². The van der Waals surface area contributed by atoms with Crippen LogP contribution in [0.3, 0.4) is 0 Å². The van der Waals surface area contributed by atoms with Crippen molar-refractivity contribution in [3.63, 3.8) is 0 Å². The van der Waals surface area contributed by atoms with E-state index in [1.165, 1.54) is 0 Å². The first-order valence-corrected chi connectivity index (χ1v) is 8.12. The number of nitrogens with zero attached hydrogens (tertiary/aromatic N) is 5. The number of carbonyl (C=O) groups excluding carboxylic acids is 1. The zero-order valence-electron chi connectivity index (χ0n) is 14.4. The van der Waals surface area contributed by atoms with Crippen LogP contribution in [0, 0.1) is 6.92 Å². The molecule has 0 atom stereocenters. The Morgan fingerprint density at radius 1 is 1.27 bits per heavy atom. The van der Waals surface area contributed by atoms with Gasteiger partial charge in [0.05, 0.1) is 23.6 Å². The number of para-hydroxylation sites is 2. The Morgan fingerprint density at radius 2 is 2.08 bits per heavy atom. The molecule has 9 heteroatoms. The highest BCUT2D eigenvalue weighted by molar-refractivity contribution is 5.93. The van der Waals surface area contributed by atoms with Gasteiger partial charge in [-0.05, 0) is 19.1 Å². The predicted octanol–water partition coefficient (Wildman–Crippen LogP) is 1.16. The number of aryl methyl sites for hydroxylation is 2. The number of anilines is 3. The van der Waals surface area contributed by atoms with Gasteiger partial charge < -0.3 is 16.8 Å². The molecule has 5 N–H and O–H groups in total. The Kier molecular flexibility index (Phi) is 5.07. The van der Waals surface area contributed by atoms with Gasteiger partial charge in [-0.1, -0.05) is 17.3 Å². The molecule has 0 radical (unpaired) electrons. The van der Waals surface area contributed by atoms with E-state index in [9.17, 15) is 4.79 Å². The Hall–Kier alpha value is -3.49. The zero-order chi connectivity index (χ0) is 18.5. The fourth-order valence-electron chi connectivity index (χ4n) is 2.40. The van der Waals surface area contributed by atoms with Crippen LogP contribution in [0.25, 0.3) is 0 Å². The number of nitrogens with two attached hydrogens (primary N) is 2. The maximum absolute atomic E-state index is 12.1. The molecule has 2 heterocycles. The molecule has 2 aromatic heterocycles. The molecular formula is C17H20N8O. The first kappa shape index (κ1) is 17.3. The number of hydrogen-bond donors (Lipinski definition) is 3. The quantitative estimate of drug-likeness (QED) is 0.566. The van der Waals surface area contributed by atoms with Crippen molar-refractivity contribution in [3.8, 4) is 0 Å². The molecule has 0 bridgehead atoms. The summed E-state index contributed by atoms with van der Waals surface area (Å²) in [4.78, 5) is 20.3. The summed E-state index contributed by atoms with van der Waals surface area (Å²) in [5.74, 6) is 0.915. The molecule has 0 aliphatic heterocycles. The van der Waals surface area contributed by atoms with Gasteiger partial charge in [0.1, 0.15) is 11.6 Å². The second kappa shape index (κ2) is 7.60. The third-order valence-electron chi connectivity index (χ3n) is 3.78. The summed E-state index contributed by atoms with van der Waals surface area (Å²) in [5, 5.41) is 10.9. The van der Waals surface area contributed by atoms with Gasteiger partial charge in [0.2, 0.25) is 5.91 Å². The minimum Gasteiger partial charge on any atom is -0.397 e. The van der Waals surface area contributed by atoms with Crippen molar-refractivity contribution in [2.24, 2.45) is 0 Å². The van der Waals surface area contributed by atoms with E-state index in [0.29, 0.717) is 41.7 Å². The minimum atomic E-state index is -0.131. The smallest absolute Gasteiger partial charge is 0.224 e. The Balaban J connectivity index is 1.55. The van der Waals surface area contributed by atoms with Crippen LogP contribution in [0.5, 0.6) is 0 Å². The molecule has 0 spiro atoms. The van der Waals surface area contributed by atoms with Crippen molar-refractivity contribution in [2.45, 2.75) is 26.3 Å². The van der Waals surface area contributed by atoms with Crippen molar-refractivity contribution >= 4 is 23.1 Å². The number of nitrogens with one attached hydrogen (secondary N) is 1. The van der Waals surface area contributed by atoms with Gasteiger partial charge in [-0.3, -0.25) is 4.79 Å². The zero-order valence-corrected chi connectivity index (χ0v) is 14.4. The molecule has 3 rings (SSSR count). The van der Waals surface area contributed by atoms with Crippen LogP contribution < -0.4 is 16.8 Å². The standard InChI is InChI=1S/C17H20N8O/c1-11-20-8-12(17(19)21-11)9-25-10-13(23-24-25)6-7-16(26)22-15-5-3-2-4-14(15)18/h2-5,8,10H,6-7,9,18H2,1H3,(H,22,26)(H2,19,20,21). The predicted molar refractivity (Wildman–Crippen MR) is 98.1 cm³/mol. The summed E-state index contributed by atoms with van der Waals surface area (Å²) in [5.41, 5.74) is 14.3. The molecule has 26 heavy (non-hydrogen) atoms. The number of hydrogen-bond acceptors (Lipinski definition) is 7. The van der Waals surface area contributed by atoms with Crippen molar-refractivity contribution < 1.29 is 4.79 Å². The van der Waals surface area contributed by atoms with Crippen LogP contribution in [0.4, 0.5) is 17.2 Å². The second-order valence-electron chi connectivity index (χ2n) is 5.87. The summed E-state index contributed by atoms with van der Waals surface area (Å²) in [6, 6.07) is 7.13. The van der Waals surface area contributed by atoms with E-state index in [1.54, 1.807) is 36.1 Å². The Morgan fingerprint density at radius 3 is 2.85 bits per heavy atom. The third-order valence-corrected chi connectivity index (χ3v) is 3.78. The Labute approximate surface area is 150 Å². The number of benzene rings is 1. The van der Waals surface area contributed by atoms with Crippen LogP contribution in [0.2, 0.25) is 0 Å². The highest BCUT2D eigenvalue weighted by Crippen LogP contribution is 2.17. The molecule has 1 amide bonds. The maximum Gasteiger partial charge on any atom is 0.224 e. The van der Waals surface area contributed by atoms with E-state index in [4.69, 9.17) is 11.5 Å². The van der Waals surface area contributed by atoms with Gasteiger partial charge in [-0.25, -0.2) is 14.6 Å². The molecule has 134 valence electrons. The lowest BCUT2D eigenvalue weighted by molar-refractivity contribution is -0.116. The van der Waals surface area contributed by atoms with Crippen LogP contribution in [-0.4, -0.2) is 30.9 Å². The van der Waals surface area contributed by atoms with E-state index in [1.807, 2.05) is 12.1 Å². The highest BCUT2D eigenvalue weighted by Gasteiger charge is 2.09. The van der Waals surface area contributed by atoms with Gasteiger partial charge >= 0.3 is 0 Å². The number of rotatable bonds is 6. The van der Waals surface area contributed by atoms with E-state index >= 15 is 0 Å². The topological polar surface area (TPSA) is 138 Å². The molecule has 3 aromatic rings. The van der Waals surface area contributed by atoms with E-state index in [-0.39, 0.29) is 12.3 Å². The number of amides is 1. The molecule has 0 fully saturated rings. The number of aromatic nitrogens is 5. The summed E-state index contributed by atoms with van der Waals surface area (Å²) >= 11 is 0. The molecule has 0 aliphatic rings. The molecule has 0 saturated heterocycles. The van der Waals surface area contributed by atoms with Gasteiger partial charge in [0.25, 0.3) is 0 Å². The van der Waals surface area contributed by atoms with Crippen LogP contribution in [-0.2, 0) is 17.8 Å². The normalized spacial score (nSPS) is 10.7. The van der Waals surface area contributed by atoms with Crippen molar-refractivity contribution in [2.75, 3.05) is 16.8 Å². The van der Waals surface area contributed by atoms with Crippen molar-refractivity contribution in [3.05, 3.63) is 53.7 Å². The van der Waals surface area contributed by atoms with E-state index in [0.717, 1.165) is 5.56 Å². The lowest BCUT2D eigenvalue weighted by Crippen LogP contribution is -2.13. The van der Waals surface area contributed by atoms with Crippen LogP contribution >= 0.6 is 0 Å². The maximum atomic E-state index is 12.1. The lowest BCUT2D eigenvalue weighted by atomic mass is 10.2. The van der Waals surface area contributed by atoms with Crippen molar-refractivity contribution in [1.82, 2.24) is 25.0 Å². The summed E-state index contributed by atoms with van der Waals surface area (Å²) in [6.45, 7) is 2.20. The lowest BCUT2D eigenvalue weighted by Gasteiger charge is -2.06. The molecule has 0 unspecified atom stereocenters. The van der Waals surface area contributed by atoms with Gasteiger partial charge in [0.15, 0.2) is 0 Å². The summed E-state index contributed by atoms with van der Waals surface area (Å²) < 4.78 is 1.65. The van der Waals surface area contributed by atoms with Crippen LogP contribution in [0.15, 0.2) is 36.7 Å². The number of nitrogen functional groups attached to an aromatic ring is 2. The SMILES string of the molecule is Cc1ncc(Cn2cc(CCC(=O)Nc3ccccc3N)nn2)c(N)n1. The average molecular weight is 352 g/mol. The molecular weight excluding hydrogens is 332 g/mol. The molecule has 0 aliphatic carbocycles. The largest absolute Gasteiger partial charge is 0.397 e. The molecule has 0 saturated carbocycles. The fourth-order valence-corrected chi connectivity index (χ4v) is 2.40.